The summed E-state index contributed by atoms with van der Waals surface area (Å²) >= 11 is 0. The number of hydrogen-bond donors (Lipinski definition) is 1. The van der Waals surface area contributed by atoms with Crippen molar-refractivity contribution < 1.29 is 28.6 Å². The maximum atomic E-state index is 12.8. The van der Waals surface area contributed by atoms with Crippen LogP contribution >= 0.6 is 0 Å². The molecule has 8 heteroatoms. The molecular weight excluding hydrogens is 412 g/mol. The van der Waals surface area contributed by atoms with Crippen LogP contribution in [0.15, 0.2) is 78.4 Å². The van der Waals surface area contributed by atoms with Crippen LogP contribution in [0.2, 0.25) is 0 Å². The van der Waals surface area contributed by atoms with Crippen molar-refractivity contribution in [2.45, 2.75) is 0 Å². The fourth-order valence-electron chi connectivity index (χ4n) is 3.35. The molecule has 0 aliphatic carbocycles. The van der Waals surface area contributed by atoms with Gasteiger partial charge in [-0.1, -0.05) is 36.4 Å². The largest absolute Gasteiger partial charge is 0.454 e. The monoisotopic (exact) mass is 428 g/mol. The zero-order valence-corrected chi connectivity index (χ0v) is 16.6. The molecule has 2 heterocycles. The maximum absolute atomic E-state index is 12.8. The quantitative estimate of drug-likeness (QED) is 0.297. The van der Waals surface area contributed by atoms with E-state index in [0.717, 1.165) is 0 Å². The van der Waals surface area contributed by atoms with Crippen LogP contribution in [0.4, 0.5) is 5.69 Å². The average Bonchev–Trinajstić information content (AvgIpc) is 3.40. The minimum Gasteiger partial charge on any atom is -0.454 e. The number of carbonyl (C=O) groups is 3. The van der Waals surface area contributed by atoms with Gasteiger partial charge in [0.05, 0.1) is 11.3 Å². The van der Waals surface area contributed by atoms with E-state index in [1.54, 1.807) is 60.7 Å². The van der Waals surface area contributed by atoms with Gasteiger partial charge >= 0.3 is 5.97 Å². The molecule has 2 amide bonds. The summed E-state index contributed by atoms with van der Waals surface area (Å²) in [6.07, 6.45) is 1.41. The molecule has 5 rings (SSSR count). The first kappa shape index (κ1) is 19.4. The fraction of sp³-hybridized carbons (Fsp3) is 0.0417. The molecule has 0 aromatic heterocycles. The molecule has 2 aliphatic rings. The first-order valence-corrected chi connectivity index (χ1v) is 9.73. The highest BCUT2D eigenvalue weighted by atomic mass is 16.7. The van der Waals surface area contributed by atoms with Crippen molar-refractivity contribution in [2.24, 2.45) is 0 Å². The normalized spacial score (nSPS) is 15.8. The molecule has 3 aromatic carbocycles. The Bertz CT molecular complexity index is 1270. The van der Waals surface area contributed by atoms with Crippen LogP contribution in [0, 0.1) is 0 Å². The fourth-order valence-corrected chi connectivity index (χ4v) is 3.35. The Balaban J connectivity index is 1.41. The summed E-state index contributed by atoms with van der Waals surface area (Å²) in [4.78, 5) is 38.0. The lowest BCUT2D eigenvalue weighted by Crippen LogP contribution is -2.35. The lowest BCUT2D eigenvalue weighted by Gasteiger charge is -2.13. The van der Waals surface area contributed by atoms with E-state index in [1.807, 2.05) is 6.07 Å². The number of nitrogens with zero attached hydrogens (tertiary/aromatic N) is 1. The standard InChI is InChI=1S/C24H16N2O6/c27-22-18(23(28)26(25-22)17-7-2-1-3-8-17)12-15-6-4-5-9-19(15)32-24(29)16-10-11-20-21(13-16)31-14-30-20/h1-13H,14H2,(H,25,27)/b18-12+. The third kappa shape index (κ3) is 3.54. The summed E-state index contributed by atoms with van der Waals surface area (Å²) in [5.41, 5.74) is 3.70. The van der Waals surface area contributed by atoms with Gasteiger partial charge in [0.2, 0.25) is 6.79 Å². The van der Waals surface area contributed by atoms with Crippen LogP contribution in [0.25, 0.3) is 6.08 Å². The molecule has 3 aromatic rings. The minimum absolute atomic E-state index is 0.0690. The third-order valence-electron chi connectivity index (χ3n) is 4.94. The number of fused-ring (bicyclic) bond motifs is 1. The van der Waals surface area contributed by atoms with Crippen LogP contribution in [-0.4, -0.2) is 24.6 Å². The van der Waals surface area contributed by atoms with Crippen LogP contribution in [0.1, 0.15) is 15.9 Å². The van der Waals surface area contributed by atoms with Gasteiger partial charge in [0, 0.05) is 5.56 Å². The second kappa shape index (κ2) is 7.92. The Morgan fingerprint density at radius 3 is 2.53 bits per heavy atom. The number of amides is 2. The number of esters is 1. The first-order chi connectivity index (χ1) is 15.6. The van der Waals surface area contributed by atoms with E-state index in [4.69, 9.17) is 14.2 Å². The molecule has 0 saturated carbocycles. The van der Waals surface area contributed by atoms with Crippen molar-refractivity contribution in [3.05, 3.63) is 89.5 Å². The van der Waals surface area contributed by atoms with E-state index in [-0.39, 0.29) is 23.7 Å². The summed E-state index contributed by atoms with van der Waals surface area (Å²) in [6.45, 7) is 0.0976. The molecule has 1 fully saturated rings. The van der Waals surface area contributed by atoms with Crippen molar-refractivity contribution in [2.75, 3.05) is 11.8 Å². The maximum Gasteiger partial charge on any atom is 0.343 e. The van der Waals surface area contributed by atoms with E-state index in [0.29, 0.717) is 22.7 Å². The average molecular weight is 428 g/mol. The number of para-hydroxylation sites is 2. The van der Waals surface area contributed by atoms with Gasteiger partial charge in [-0.15, -0.1) is 0 Å². The van der Waals surface area contributed by atoms with Crippen LogP contribution in [-0.2, 0) is 9.59 Å². The highest BCUT2D eigenvalue weighted by molar-refractivity contribution is 6.31. The van der Waals surface area contributed by atoms with Crippen LogP contribution in [0.5, 0.6) is 17.2 Å². The van der Waals surface area contributed by atoms with Crippen LogP contribution in [0.3, 0.4) is 0 Å². The van der Waals surface area contributed by atoms with Gasteiger partial charge in [0.25, 0.3) is 11.8 Å². The molecule has 0 unspecified atom stereocenters. The lowest BCUT2D eigenvalue weighted by molar-refractivity contribution is -0.117. The van der Waals surface area contributed by atoms with Gasteiger partial charge in [-0.2, -0.15) is 0 Å². The van der Waals surface area contributed by atoms with E-state index in [2.05, 4.69) is 5.43 Å². The molecule has 1 N–H and O–H groups in total. The molecule has 8 nitrogen and oxygen atoms in total. The summed E-state index contributed by atoms with van der Waals surface area (Å²) in [5, 5.41) is 1.18. The van der Waals surface area contributed by atoms with E-state index >= 15 is 0 Å². The second-order valence-corrected chi connectivity index (χ2v) is 6.97. The van der Waals surface area contributed by atoms with E-state index in [9.17, 15) is 14.4 Å². The summed E-state index contributed by atoms with van der Waals surface area (Å²) in [5.74, 6) is -0.429. The smallest absolute Gasteiger partial charge is 0.343 e. The highest BCUT2D eigenvalue weighted by Crippen LogP contribution is 2.33. The summed E-state index contributed by atoms with van der Waals surface area (Å²) < 4.78 is 16.1. The Morgan fingerprint density at radius 2 is 1.69 bits per heavy atom. The van der Waals surface area contributed by atoms with E-state index < -0.39 is 17.8 Å². The molecule has 0 spiro atoms. The highest BCUT2D eigenvalue weighted by Gasteiger charge is 2.34. The first-order valence-electron chi connectivity index (χ1n) is 9.73. The molecule has 2 aliphatic heterocycles. The van der Waals surface area contributed by atoms with Crippen molar-refractivity contribution in [1.29, 1.82) is 0 Å². The molecule has 1 saturated heterocycles. The number of rotatable bonds is 4. The number of nitrogens with one attached hydrogen (secondary N) is 1. The Kier molecular flexibility index (Phi) is 4.79. The molecule has 0 bridgehead atoms. The second-order valence-electron chi connectivity index (χ2n) is 6.97. The molecule has 158 valence electrons. The molecule has 0 atom stereocenters. The number of hydrazine groups is 1. The Hall–Kier alpha value is -4.59. The Labute approximate surface area is 182 Å². The predicted molar refractivity (Wildman–Crippen MR) is 114 cm³/mol. The van der Waals surface area contributed by atoms with Gasteiger partial charge in [-0.3, -0.25) is 15.0 Å². The predicted octanol–water partition coefficient (Wildman–Crippen LogP) is 3.10. The molecule has 0 radical (unpaired) electrons. The third-order valence-corrected chi connectivity index (χ3v) is 4.94. The van der Waals surface area contributed by atoms with Crippen molar-refractivity contribution in [3.63, 3.8) is 0 Å². The number of carbonyl (C=O) groups excluding carboxylic acids is 3. The number of anilines is 1. The van der Waals surface area contributed by atoms with Gasteiger partial charge in [-0.25, -0.2) is 9.80 Å². The number of ether oxygens (including phenoxy) is 3. The van der Waals surface area contributed by atoms with Gasteiger partial charge in [0.15, 0.2) is 11.5 Å². The van der Waals surface area contributed by atoms with Crippen LogP contribution < -0.4 is 24.6 Å². The van der Waals surface area contributed by atoms with Gasteiger partial charge in [-0.05, 0) is 42.5 Å². The molecular formula is C24H16N2O6. The zero-order valence-electron chi connectivity index (χ0n) is 16.6. The van der Waals surface area contributed by atoms with Crippen molar-refractivity contribution in [1.82, 2.24) is 5.43 Å². The summed E-state index contributed by atoms with van der Waals surface area (Å²) in [6, 6.07) is 20.2. The Morgan fingerprint density at radius 1 is 0.938 bits per heavy atom. The van der Waals surface area contributed by atoms with Gasteiger partial charge < -0.3 is 14.2 Å². The van der Waals surface area contributed by atoms with Crippen molar-refractivity contribution in [3.8, 4) is 17.2 Å². The van der Waals surface area contributed by atoms with Gasteiger partial charge in [0.1, 0.15) is 11.3 Å². The zero-order chi connectivity index (χ0) is 22.1. The van der Waals surface area contributed by atoms with Crippen molar-refractivity contribution >= 4 is 29.5 Å². The SMILES string of the molecule is O=C1NN(c2ccccc2)C(=O)/C1=C/c1ccccc1OC(=O)c1ccc2c(c1)OCO2. The summed E-state index contributed by atoms with van der Waals surface area (Å²) in [7, 11) is 0. The minimum atomic E-state index is -0.609. The topological polar surface area (TPSA) is 94.2 Å². The lowest BCUT2D eigenvalue weighted by atomic mass is 10.1. The van der Waals surface area contributed by atoms with E-state index in [1.165, 1.54) is 17.2 Å². The number of benzene rings is 3. The molecule has 32 heavy (non-hydrogen) atoms. The number of hydrogen-bond acceptors (Lipinski definition) is 6.